The highest BCUT2D eigenvalue weighted by Gasteiger charge is 2.37. The van der Waals surface area contributed by atoms with Gasteiger partial charge in [-0.3, -0.25) is 14.9 Å². The lowest BCUT2D eigenvalue weighted by Crippen LogP contribution is -2.54. The molecule has 7 nitrogen and oxygen atoms in total. The molecule has 1 saturated heterocycles. The van der Waals surface area contributed by atoms with E-state index in [0.29, 0.717) is 44.4 Å². The molecule has 1 aliphatic heterocycles. The minimum absolute atomic E-state index is 0.212. The number of anilines is 1. The molecule has 36 heavy (non-hydrogen) atoms. The fourth-order valence-electron chi connectivity index (χ4n) is 3.67. The van der Waals surface area contributed by atoms with Crippen molar-refractivity contribution >= 4 is 57.1 Å². The zero-order chi connectivity index (χ0) is 26.0. The van der Waals surface area contributed by atoms with Crippen LogP contribution in [0, 0.1) is 13.8 Å². The predicted octanol–water partition coefficient (Wildman–Crippen LogP) is 5.97. The van der Waals surface area contributed by atoms with Crippen molar-refractivity contribution in [2.45, 2.75) is 20.5 Å². The minimum atomic E-state index is -0.842. The highest BCUT2D eigenvalue weighted by Crippen LogP contribution is 2.38. The molecule has 0 aromatic heterocycles. The lowest BCUT2D eigenvalue weighted by atomic mass is 10.1. The van der Waals surface area contributed by atoms with Crippen molar-refractivity contribution in [2.24, 2.45) is 0 Å². The van der Waals surface area contributed by atoms with Crippen LogP contribution in [0.2, 0.25) is 5.02 Å². The Morgan fingerprint density at radius 3 is 2.44 bits per heavy atom. The zero-order valence-corrected chi connectivity index (χ0v) is 22.1. The molecule has 3 aromatic carbocycles. The highest BCUT2D eigenvalue weighted by molar-refractivity contribution is 9.10. The maximum absolute atomic E-state index is 13.3. The number of nitrogens with zero attached hydrogens (tertiary/aromatic N) is 1. The summed E-state index contributed by atoms with van der Waals surface area (Å²) in [6.45, 7) is 4.08. The second kappa shape index (κ2) is 10.6. The molecule has 0 spiro atoms. The van der Waals surface area contributed by atoms with Gasteiger partial charge in [-0.2, -0.15) is 0 Å². The Kier molecular flexibility index (Phi) is 7.47. The molecule has 1 fully saturated rings. The van der Waals surface area contributed by atoms with Crippen molar-refractivity contribution in [3.05, 3.63) is 91.9 Å². The first-order valence-electron chi connectivity index (χ1n) is 10.9. The van der Waals surface area contributed by atoms with E-state index in [-0.39, 0.29) is 5.57 Å². The lowest BCUT2D eigenvalue weighted by Gasteiger charge is -2.27. The summed E-state index contributed by atoms with van der Waals surface area (Å²) in [6, 6.07) is 15.3. The van der Waals surface area contributed by atoms with Crippen LogP contribution in [0.1, 0.15) is 22.3 Å². The standard InChI is InChI=1S/C27H22BrClN2O5/c1-15-4-7-17(8-5-15)14-36-24-21(28)11-18(12-23(24)35-3)10-20-25(32)30-27(34)31(26(20)33)22-13-19(29)9-6-16(22)2/h4-13H,14H2,1-3H3,(H,30,32,34)/b20-10+. The summed E-state index contributed by atoms with van der Waals surface area (Å²) in [4.78, 5) is 39.3. The molecule has 4 amide bonds. The first kappa shape index (κ1) is 25.5. The Hall–Kier alpha value is -3.62. The van der Waals surface area contributed by atoms with Crippen molar-refractivity contribution in [1.82, 2.24) is 5.32 Å². The van der Waals surface area contributed by atoms with Crippen molar-refractivity contribution < 1.29 is 23.9 Å². The van der Waals surface area contributed by atoms with Crippen LogP contribution in [0.5, 0.6) is 11.5 Å². The van der Waals surface area contributed by atoms with Crippen molar-refractivity contribution in [2.75, 3.05) is 12.0 Å². The van der Waals surface area contributed by atoms with Crippen molar-refractivity contribution in [1.29, 1.82) is 0 Å². The number of nitrogens with one attached hydrogen (secondary N) is 1. The van der Waals surface area contributed by atoms with Crippen molar-refractivity contribution in [3.63, 3.8) is 0 Å². The number of carbonyl (C=O) groups excluding carboxylic acids is 3. The molecule has 1 aliphatic rings. The Bertz CT molecular complexity index is 1400. The normalized spacial score (nSPS) is 14.8. The van der Waals surface area contributed by atoms with Gasteiger partial charge in [0.1, 0.15) is 12.2 Å². The Labute approximate surface area is 221 Å². The quantitative estimate of drug-likeness (QED) is 0.292. The Morgan fingerprint density at radius 1 is 1.03 bits per heavy atom. The van der Waals surface area contributed by atoms with Crippen LogP contribution >= 0.6 is 27.5 Å². The SMILES string of the molecule is COc1cc(/C=C2\C(=O)NC(=O)N(c3cc(Cl)ccc3C)C2=O)cc(Br)c1OCc1ccc(C)cc1. The van der Waals surface area contributed by atoms with Crippen molar-refractivity contribution in [3.8, 4) is 11.5 Å². The first-order chi connectivity index (χ1) is 17.2. The number of aryl methyl sites for hydroxylation is 2. The van der Waals surface area contributed by atoms with Crippen LogP contribution in [0.25, 0.3) is 6.08 Å². The molecule has 0 radical (unpaired) electrons. The van der Waals surface area contributed by atoms with Gasteiger partial charge in [-0.25, -0.2) is 9.69 Å². The number of methoxy groups -OCH3 is 1. The number of hydrogen-bond acceptors (Lipinski definition) is 5. The number of hydrogen-bond donors (Lipinski definition) is 1. The number of benzene rings is 3. The molecule has 184 valence electrons. The number of amides is 4. The van der Waals surface area contributed by atoms with Crippen LogP contribution in [-0.4, -0.2) is 25.0 Å². The number of ether oxygens (including phenoxy) is 2. The van der Waals surface area contributed by atoms with E-state index in [0.717, 1.165) is 16.0 Å². The fourth-order valence-corrected chi connectivity index (χ4v) is 4.41. The number of barbiturate groups is 1. The molecule has 1 heterocycles. The average Bonchev–Trinajstić information content (AvgIpc) is 2.84. The molecule has 0 bridgehead atoms. The smallest absolute Gasteiger partial charge is 0.335 e. The van der Waals surface area contributed by atoms with Crippen LogP contribution in [0.4, 0.5) is 10.5 Å². The second-order valence-corrected chi connectivity index (χ2v) is 9.49. The topological polar surface area (TPSA) is 84.9 Å². The molecule has 3 aromatic rings. The summed E-state index contributed by atoms with van der Waals surface area (Å²) >= 11 is 9.58. The van der Waals surface area contributed by atoms with E-state index in [1.807, 2.05) is 31.2 Å². The van der Waals surface area contributed by atoms with Gasteiger partial charge in [-0.05, 0) is 76.8 Å². The monoisotopic (exact) mass is 568 g/mol. The fraction of sp³-hybridized carbons (Fsp3) is 0.148. The number of imide groups is 2. The highest BCUT2D eigenvalue weighted by atomic mass is 79.9. The van der Waals surface area contributed by atoms with E-state index in [4.69, 9.17) is 21.1 Å². The maximum Gasteiger partial charge on any atom is 0.335 e. The van der Waals surface area contributed by atoms with E-state index in [1.54, 1.807) is 31.2 Å². The molecular formula is C27H22BrClN2O5. The summed E-state index contributed by atoms with van der Waals surface area (Å²) in [5, 5.41) is 2.58. The number of halogens is 2. The van der Waals surface area contributed by atoms with E-state index in [2.05, 4.69) is 21.2 Å². The summed E-state index contributed by atoms with van der Waals surface area (Å²) in [7, 11) is 1.50. The maximum atomic E-state index is 13.3. The van der Waals surface area contributed by atoms with Gasteiger partial charge in [0.2, 0.25) is 0 Å². The Morgan fingerprint density at radius 2 is 1.75 bits per heavy atom. The van der Waals surface area contributed by atoms with Gasteiger partial charge in [0.05, 0.1) is 17.3 Å². The van der Waals surface area contributed by atoms with Gasteiger partial charge >= 0.3 is 6.03 Å². The van der Waals surface area contributed by atoms with Crippen LogP contribution in [0.15, 0.2) is 64.6 Å². The van der Waals surface area contributed by atoms with E-state index < -0.39 is 17.8 Å². The number of rotatable bonds is 6. The molecule has 0 atom stereocenters. The van der Waals surface area contributed by atoms with Crippen LogP contribution < -0.4 is 19.7 Å². The predicted molar refractivity (Wildman–Crippen MR) is 141 cm³/mol. The van der Waals surface area contributed by atoms with Gasteiger partial charge in [0, 0.05) is 5.02 Å². The minimum Gasteiger partial charge on any atom is -0.493 e. The lowest BCUT2D eigenvalue weighted by molar-refractivity contribution is -0.122. The Balaban J connectivity index is 1.66. The first-order valence-corrected chi connectivity index (χ1v) is 12.1. The molecule has 0 saturated carbocycles. The largest absolute Gasteiger partial charge is 0.493 e. The molecular weight excluding hydrogens is 548 g/mol. The molecule has 9 heteroatoms. The van der Waals surface area contributed by atoms with Gasteiger partial charge < -0.3 is 9.47 Å². The third-order valence-electron chi connectivity index (χ3n) is 5.58. The third kappa shape index (κ3) is 5.29. The van der Waals surface area contributed by atoms with Gasteiger partial charge in [0.25, 0.3) is 11.8 Å². The van der Waals surface area contributed by atoms with Crippen LogP contribution in [0.3, 0.4) is 0 Å². The average molecular weight is 570 g/mol. The van der Waals surface area contributed by atoms with Gasteiger partial charge in [0.15, 0.2) is 11.5 Å². The van der Waals surface area contributed by atoms with Gasteiger partial charge in [-0.15, -0.1) is 0 Å². The second-order valence-electron chi connectivity index (χ2n) is 8.20. The van der Waals surface area contributed by atoms with E-state index in [1.165, 1.54) is 19.3 Å². The summed E-state index contributed by atoms with van der Waals surface area (Å²) in [6.07, 6.45) is 1.40. The number of urea groups is 1. The van der Waals surface area contributed by atoms with Crippen LogP contribution in [-0.2, 0) is 16.2 Å². The van der Waals surface area contributed by atoms with E-state index >= 15 is 0 Å². The van der Waals surface area contributed by atoms with Gasteiger partial charge in [-0.1, -0.05) is 47.5 Å². The summed E-state index contributed by atoms with van der Waals surface area (Å²) in [5.41, 5.74) is 3.37. The third-order valence-corrected chi connectivity index (χ3v) is 6.40. The zero-order valence-electron chi connectivity index (χ0n) is 19.7. The summed E-state index contributed by atoms with van der Waals surface area (Å²) < 4.78 is 12.1. The molecule has 0 aliphatic carbocycles. The van der Waals surface area contributed by atoms with E-state index in [9.17, 15) is 14.4 Å². The summed E-state index contributed by atoms with van der Waals surface area (Å²) in [5.74, 6) is -0.670. The molecule has 1 N–H and O–H groups in total. The molecule has 4 rings (SSSR count). The molecule has 0 unspecified atom stereocenters. The number of carbonyl (C=O) groups is 3.